The first-order valence-electron chi connectivity index (χ1n) is 6.57. The van der Waals surface area contributed by atoms with E-state index in [9.17, 15) is 5.11 Å². The van der Waals surface area contributed by atoms with Crippen molar-refractivity contribution in [3.63, 3.8) is 0 Å². The largest absolute Gasteiger partial charge is 0.394 e. The fourth-order valence-corrected chi connectivity index (χ4v) is 2.37. The van der Waals surface area contributed by atoms with Crippen LogP contribution in [0.3, 0.4) is 0 Å². The summed E-state index contributed by atoms with van der Waals surface area (Å²) in [5.41, 5.74) is -0.491. The molecule has 0 atom stereocenters. The summed E-state index contributed by atoms with van der Waals surface area (Å²) in [4.78, 5) is 16.4. The molecule has 1 fully saturated rings. The summed E-state index contributed by atoms with van der Waals surface area (Å²) >= 11 is 5.95. The molecule has 112 valence electrons. The van der Waals surface area contributed by atoms with Crippen LogP contribution in [0.1, 0.15) is 12.8 Å². The van der Waals surface area contributed by atoms with E-state index >= 15 is 0 Å². The number of rotatable bonds is 4. The fourth-order valence-electron chi connectivity index (χ4n) is 2.21. The Hall–Kier alpha value is -1.77. The minimum atomic E-state index is -0.491. The standard InChI is InChI=1S/C12H15ClN6O2/c13-9-15-10(17-11(16-9)19-4-3-14-8-19)18-12(7-20)1-5-21-6-2-12/h3-4,8,20H,1-2,5-7H2,(H,15,16,17,18). The number of ether oxygens (including phenoxy) is 1. The first-order valence-corrected chi connectivity index (χ1v) is 6.95. The van der Waals surface area contributed by atoms with Crippen LogP contribution in [-0.4, -0.2) is 55.0 Å². The van der Waals surface area contributed by atoms with Gasteiger partial charge in [0, 0.05) is 25.6 Å². The molecule has 0 unspecified atom stereocenters. The Morgan fingerprint density at radius 2 is 2.14 bits per heavy atom. The van der Waals surface area contributed by atoms with Crippen LogP contribution in [0.5, 0.6) is 0 Å². The normalized spacial score (nSPS) is 17.6. The molecule has 0 aliphatic carbocycles. The third-order valence-electron chi connectivity index (χ3n) is 3.46. The van der Waals surface area contributed by atoms with E-state index in [1.54, 1.807) is 23.3 Å². The Kier molecular flexibility index (Phi) is 4.00. The van der Waals surface area contributed by atoms with Crippen molar-refractivity contribution >= 4 is 17.5 Å². The van der Waals surface area contributed by atoms with E-state index in [0.717, 1.165) is 0 Å². The second-order valence-electron chi connectivity index (χ2n) is 4.87. The predicted octanol–water partition coefficient (Wildman–Crippen LogP) is 0.664. The summed E-state index contributed by atoms with van der Waals surface area (Å²) in [6.45, 7) is 1.14. The number of hydrogen-bond acceptors (Lipinski definition) is 7. The molecule has 0 spiro atoms. The number of anilines is 1. The monoisotopic (exact) mass is 310 g/mol. The number of aliphatic hydroxyl groups is 1. The Morgan fingerprint density at radius 1 is 1.33 bits per heavy atom. The molecule has 0 saturated carbocycles. The van der Waals surface area contributed by atoms with Crippen molar-refractivity contribution < 1.29 is 9.84 Å². The SMILES string of the molecule is OCC1(Nc2nc(Cl)nc(-n3ccnc3)n2)CCOCC1. The van der Waals surface area contributed by atoms with Gasteiger partial charge in [-0.05, 0) is 24.4 Å². The zero-order valence-electron chi connectivity index (χ0n) is 11.2. The van der Waals surface area contributed by atoms with E-state index in [1.165, 1.54) is 0 Å². The molecule has 0 amide bonds. The molecule has 21 heavy (non-hydrogen) atoms. The van der Waals surface area contributed by atoms with Crippen LogP contribution in [0.25, 0.3) is 5.95 Å². The molecule has 9 heteroatoms. The van der Waals surface area contributed by atoms with E-state index in [-0.39, 0.29) is 11.9 Å². The van der Waals surface area contributed by atoms with E-state index in [4.69, 9.17) is 16.3 Å². The molecule has 1 aliphatic rings. The van der Waals surface area contributed by atoms with Crippen LogP contribution in [0.2, 0.25) is 5.28 Å². The smallest absolute Gasteiger partial charge is 0.241 e. The average molecular weight is 311 g/mol. The van der Waals surface area contributed by atoms with Crippen molar-refractivity contribution in [1.29, 1.82) is 0 Å². The number of nitrogens with one attached hydrogen (secondary N) is 1. The van der Waals surface area contributed by atoms with E-state index in [2.05, 4.69) is 25.3 Å². The van der Waals surface area contributed by atoms with Gasteiger partial charge in [0.05, 0.1) is 12.1 Å². The van der Waals surface area contributed by atoms with Crippen LogP contribution < -0.4 is 5.32 Å². The zero-order valence-corrected chi connectivity index (χ0v) is 12.0. The topological polar surface area (TPSA) is 98.0 Å². The number of imidazole rings is 1. The summed E-state index contributed by atoms with van der Waals surface area (Å²) in [6, 6.07) is 0. The number of aromatic nitrogens is 5. The van der Waals surface area contributed by atoms with Gasteiger partial charge in [-0.2, -0.15) is 15.0 Å². The molecular formula is C12H15ClN6O2. The Labute approximate surface area is 126 Å². The maximum Gasteiger partial charge on any atom is 0.241 e. The summed E-state index contributed by atoms with van der Waals surface area (Å²) in [7, 11) is 0. The molecule has 2 aromatic rings. The summed E-state index contributed by atoms with van der Waals surface area (Å²) in [6.07, 6.45) is 6.26. The molecule has 3 heterocycles. The third kappa shape index (κ3) is 3.12. The Balaban J connectivity index is 1.88. The zero-order chi connectivity index (χ0) is 14.7. The molecule has 2 aromatic heterocycles. The summed E-state index contributed by atoms with van der Waals surface area (Å²) in [5, 5.41) is 12.9. The van der Waals surface area contributed by atoms with Crippen molar-refractivity contribution in [2.45, 2.75) is 18.4 Å². The van der Waals surface area contributed by atoms with Crippen LogP contribution in [0.4, 0.5) is 5.95 Å². The van der Waals surface area contributed by atoms with Crippen molar-refractivity contribution in [2.75, 3.05) is 25.1 Å². The molecule has 3 rings (SSSR count). The number of hydrogen-bond donors (Lipinski definition) is 2. The van der Waals surface area contributed by atoms with Gasteiger partial charge in [0.2, 0.25) is 17.2 Å². The van der Waals surface area contributed by atoms with Crippen molar-refractivity contribution in [1.82, 2.24) is 24.5 Å². The van der Waals surface area contributed by atoms with Crippen molar-refractivity contribution in [3.05, 3.63) is 24.0 Å². The van der Waals surface area contributed by atoms with Crippen molar-refractivity contribution in [2.24, 2.45) is 0 Å². The second kappa shape index (κ2) is 5.92. The first kappa shape index (κ1) is 14.2. The molecule has 8 nitrogen and oxygen atoms in total. The van der Waals surface area contributed by atoms with Gasteiger partial charge in [-0.25, -0.2) is 4.98 Å². The number of aliphatic hydroxyl groups excluding tert-OH is 1. The highest BCUT2D eigenvalue weighted by atomic mass is 35.5. The number of halogens is 1. The summed E-state index contributed by atoms with van der Waals surface area (Å²) < 4.78 is 6.96. The first-order chi connectivity index (χ1) is 10.2. The lowest BCUT2D eigenvalue weighted by atomic mass is 9.91. The van der Waals surface area contributed by atoms with Gasteiger partial charge in [0.1, 0.15) is 6.33 Å². The van der Waals surface area contributed by atoms with Gasteiger partial charge < -0.3 is 15.2 Å². The third-order valence-corrected chi connectivity index (χ3v) is 3.63. The van der Waals surface area contributed by atoms with Gasteiger partial charge in [-0.3, -0.25) is 4.57 Å². The molecule has 0 radical (unpaired) electrons. The van der Waals surface area contributed by atoms with E-state index in [1.807, 2.05) is 0 Å². The Bertz CT molecular complexity index is 600. The molecule has 2 N–H and O–H groups in total. The fraction of sp³-hybridized carbons (Fsp3) is 0.500. The van der Waals surface area contributed by atoms with Crippen LogP contribution in [0.15, 0.2) is 18.7 Å². The summed E-state index contributed by atoms with van der Waals surface area (Å²) in [5.74, 6) is 0.699. The Morgan fingerprint density at radius 3 is 2.81 bits per heavy atom. The van der Waals surface area contributed by atoms with Gasteiger partial charge in [0.25, 0.3) is 0 Å². The highest BCUT2D eigenvalue weighted by Crippen LogP contribution is 2.24. The van der Waals surface area contributed by atoms with Crippen LogP contribution in [-0.2, 0) is 4.74 Å². The van der Waals surface area contributed by atoms with Gasteiger partial charge in [-0.1, -0.05) is 0 Å². The highest BCUT2D eigenvalue weighted by molar-refractivity contribution is 6.28. The number of nitrogens with zero attached hydrogens (tertiary/aromatic N) is 5. The maximum absolute atomic E-state index is 9.69. The van der Waals surface area contributed by atoms with Crippen molar-refractivity contribution in [3.8, 4) is 5.95 Å². The maximum atomic E-state index is 9.69. The minimum absolute atomic E-state index is 0.0277. The van der Waals surface area contributed by atoms with Gasteiger partial charge >= 0.3 is 0 Å². The van der Waals surface area contributed by atoms with Crippen LogP contribution >= 0.6 is 11.6 Å². The van der Waals surface area contributed by atoms with E-state index < -0.39 is 5.54 Å². The molecular weight excluding hydrogens is 296 g/mol. The molecule has 1 saturated heterocycles. The average Bonchev–Trinajstić information content (AvgIpc) is 3.02. The van der Waals surface area contributed by atoms with Crippen LogP contribution in [0, 0.1) is 0 Å². The van der Waals surface area contributed by atoms with Gasteiger partial charge in [0.15, 0.2) is 0 Å². The molecule has 1 aliphatic heterocycles. The lowest BCUT2D eigenvalue weighted by Crippen LogP contribution is -2.47. The quantitative estimate of drug-likeness (QED) is 0.856. The predicted molar refractivity (Wildman–Crippen MR) is 75.5 cm³/mol. The molecule has 0 aromatic carbocycles. The lowest BCUT2D eigenvalue weighted by Gasteiger charge is -2.36. The minimum Gasteiger partial charge on any atom is -0.394 e. The second-order valence-corrected chi connectivity index (χ2v) is 5.21. The lowest BCUT2D eigenvalue weighted by molar-refractivity contribution is 0.0377. The highest BCUT2D eigenvalue weighted by Gasteiger charge is 2.32. The molecule has 0 bridgehead atoms. The van der Waals surface area contributed by atoms with E-state index in [0.29, 0.717) is 38.0 Å². The van der Waals surface area contributed by atoms with Gasteiger partial charge in [-0.15, -0.1) is 0 Å².